The van der Waals surface area contributed by atoms with Gasteiger partial charge in [0.05, 0.1) is 6.20 Å². The SMILES string of the molecule is N=N/C=C\NCc1ccc(F)nc1. The molecule has 13 heavy (non-hydrogen) atoms. The Bertz CT molecular complexity index is 294. The maximum atomic E-state index is 12.3. The predicted octanol–water partition coefficient (Wildman–Crippen LogP) is 1.81. The van der Waals surface area contributed by atoms with Gasteiger partial charge in [-0.1, -0.05) is 6.07 Å². The van der Waals surface area contributed by atoms with Gasteiger partial charge in [-0.2, -0.15) is 9.50 Å². The van der Waals surface area contributed by atoms with E-state index in [1.807, 2.05) is 0 Å². The lowest BCUT2D eigenvalue weighted by Crippen LogP contribution is -2.04. The first-order valence-corrected chi connectivity index (χ1v) is 3.68. The van der Waals surface area contributed by atoms with Gasteiger partial charge in [0.1, 0.15) is 0 Å². The first-order chi connectivity index (χ1) is 6.33. The molecule has 1 aromatic heterocycles. The second-order valence-corrected chi connectivity index (χ2v) is 2.31. The molecule has 0 aliphatic rings. The van der Waals surface area contributed by atoms with Crippen LogP contribution in [0.4, 0.5) is 4.39 Å². The van der Waals surface area contributed by atoms with Gasteiger partial charge in [-0.05, 0) is 11.6 Å². The van der Waals surface area contributed by atoms with Crippen LogP contribution in [0.5, 0.6) is 0 Å². The first kappa shape index (κ1) is 9.31. The average Bonchev–Trinajstić information content (AvgIpc) is 2.15. The highest BCUT2D eigenvalue weighted by Gasteiger charge is 1.91. The Morgan fingerprint density at radius 2 is 2.46 bits per heavy atom. The fraction of sp³-hybridized carbons (Fsp3) is 0.125. The van der Waals surface area contributed by atoms with Gasteiger partial charge in [-0.25, -0.2) is 10.5 Å². The third-order valence-corrected chi connectivity index (χ3v) is 1.36. The molecule has 1 aromatic rings. The van der Waals surface area contributed by atoms with Gasteiger partial charge in [0, 0.05) is 18.9 Å². The van der Waals surface area contributed by atoms with Crippen molar-refractivity contribution in [3.63, 3.8) is 0 Å². The van der Waals surface area contributed by atoms with Crippen LogP contribution in [-0.2, 0) is 6.54 Å². The Kier molecular flexibility index (Phi) is 3.56. The number of hydrogen-bond acceptors (Lipinski definition) is 4. The maximum absolute atomic E-state index is 12.3. The molecule has 0 aromatic carbocycles. The van der Waals surface area contributed by atoms with Crippen LogP contribution in [0.3, 0.4) is 0 Å². The molecule has 5 heteroatoms. The predicted molar refractivity (Wildman–Crippen MR) is 45.3 cm³/mol. The zero-order valence-corrected chi connectivity index (χ0v) is 6.87. The minimum Gasteiger partial charge on any atom is -0.385 e. The van der Waals surface area contributed by atoms with Gasteiger partial charge < -0.3 is 5.32 Å². The topological polar surface area (TPSA) is 61.1 Å². The van der Waals surface area contributed by atoms with Crippen molar-refractivity contribution in [1.82, 2.24) is 10.3 Å². The second kappa shape index (κ2) is 4.97. The van der Waals surface area contributed by atoms with Crippen molar-refractivity contribution in [3.8, 4) is 0 Å². The van der Waals surface area contributed by atoms with Gasteiger partial charge in [0.25, 0.3) is 0 Å². The van der Waals surface area contributed by atoms with Gasteiger partial charge in [-0.15, -0.1) is 0 Å². The third-order valence-electron chi connectivity index (χ3n) is 1.36. The molecule has 2 N–H and O–H groups in total. The zero-order chi connectivity index (χ0) is 9.52. The number of rotatable bonds is 4. The molecule has 0 amide bonds. The fourth-order valence-corrected chi connectivity index (χ4v) is 0.778. The van der Waals surface area contributed by atoms with Crippen molar-refractivity contribution in [2.45, 2.75) is 6.54 Å². The molecule has 0 radical (unpaired) electrons. The minimum atomic E-state index is -0.486. The number of nitrogens with one attached hydrogen (secondary N) is 2. The quantitative estimate of drug-likeness (QED) is 0.548. The Hall–Kier alpha value is -1.78. The summed E-state index contributed by atoms with van der Waals surface area (Å²) in [5.74, 6) is -0.486. The zero-order valence-electron chi connectivity index (χ0n) is 6.87. The van der Waals surface area contributed by atoms with E-state index in [1.165, 1.54) is 24.7 Å². The summed E-state index contributed by atoms with van der Waals surface area (Å²) in [6.45, 7) is 0.541. The standard InChI is InChI=1S/C8H9FN4/c9-8-2-1-7(6-12-8)5-11-3-4-13-10/h1-4,6,10-11H,5H2/b4-3-,13-10?. The summed E-state index contributed by atoms with van der Waals surface area (Å²) in [5, 5.41) is 5.88. The van der Waals surface area contributed by atoms with Crippen LogP contribution in [0, 0.1) is 11.5 Å². The van der Waals surface area contributed by atoms with Crippen LogP contribution in [0.2, 0.25) is 0 Å². The Balaban J connectivity index is 2.41. The Labute approximate surface area is 75.0 Å². The van der Waals surface area contributed by atoms with E-state index in [0.29, 0.717) is 6.54 Å². The summed E-state index contributed by atoms with van der Waals surface area (Å²) in [6, 6.07) is 2.94. The van der Waals surface area contributed by atoms with Crippen LogP contribution < -0.4 is 5.32 Å². The van der Waals surface area contributed by atoms with Gasteiger partial charge in [0.15, 0.2) is 0 Å². The molecule has 0 saturated carbocycles. The molecule has 0 aliphatic carbocycles. The molecule has 4 nitrogen and oxygen atoms in total. The summed E-state index contributed by atoms with van der Waals surface area (Å²) >= 11 is 0. The lowest BCUT2D eigenvalue weighted by Gasteiger charge is -1.98. The molecule has 0 fully saturated rings. The van der Waals surface area contributed by atoms with E-state index in [1.54, 1.807) is 6.07 Å². The number of aromatic nitrogens is 1. The minimum absolute atomic E-state index is 0.486. The van der Waals surface area contributed by atoms with E-state index in [9.17, 15) is 4.39 Å². The number of halogens is 1. The maximum Gasteiger partial charge on any atom is 0.212 e. The molecule has 1 heterocycles. The second-order valence-electron chi connectivity index (χ2n) is 2.31. The molecular formula is C8H9FN4. The normalized spacial score (nSPS) is 10.2. The van der Waals surface area contributed by atoms with Crippen LogP contribution in [0.15, 0.2) is 35.8 Å². The highest BCUT2D eigenvalue weighted by atomic mass is 19.1. The molecule has 0 spiro atoms. The van der Waals surface area contributed by atoms with Gasteiger partial charge in [0.2, 0.25) is 5.95 Å². The highest BCUT2D eigenvalue weighted by Crippen LogP contribution is 1.97. The van der Waals surface area contributed by atoms with Gasteiger partial charge in [-0.3, -0.25) is 0 Å². The lowest BCUT2D eigenvalue weighted by molar-refractivity contribution is 0.581. The molecule has 1 rings (SSSR count). The van der Waals surface area contributed by atoms with Crippen LogP contribution in [-0.4, -0.2) is 4.98 Å². The van der Waals surface area contributed by atoms with E-state index in [2.05, 4.69) is 15.4 Å². The third kappa shape index (κ3) is 3.42. The Morgan fingerprint density at radius 1 is 1.62 bits per heavy atom. The highest BCUT2D eigenvalue weighted by molar-refractivity contribution is 5.09. The summed E-state index contributed by atoms with van der Waals surface area (Å²) in [5.41, 5.74) is 7.32. The van der Waals surface area contributed by atoms with Crippen molar-refractivity contribution < 1.29 is 4.39 Å². The van der Waals surface area contributed by atoms with Crippen LogP contribution in [0.25, 0.3) is 0 Å². The number of hydrogen-bond donors (Lipinski definition) is 2. The number of nitrogens with zero attached hydrogens (tertiary/aromatic N) is 2. The smallest absolute Gasteiger partial charge is 0.212 e. The van der Waals surface area contributed by atoms with Gasteiger partial charge >= 0.3 is 0 Å². The van der Waals surface area contributed by atoms with Crippen molar-refractivity contribution in [3.05, 3.63) is 42.2 Å². The molecule has 0 bridgehead atoms. The fourth-order valence-electron chi connectivity index (χ4n) is 0.778. The van der Waals surface area contributed by atoms with E-state index < -0.39 is 5.95 Å². The van der Waals surface area contributed by atoms with E-state index in [4.69, 9.17) is 5.53 Å². The summed E-state index contributed by atoms with van der Waals surface area (Å²) in [7, 11) is 0. The van der Waals surface area contributed by atoms with E-state index in [-0.39, 0.29) is 0 Å². The number of pyridine rings is 1. The Morgan fingerprint density at radius 3 is 3.08 bits per heavy atom. The molecule has 0 unspecified atom stereocenters. The lowest BCUT2D eigenvalue weighted by atomic mass is 10.3. The van der Waals surface area contributed by atoms with Crippen LogP contribution in [0.1, 0.15) is 5.56 Å². The monoisotopic (exact) mass is 180 g/mol. The van der Waals surface area contributed by atoms with E-state index >= 15 is 0 Å². The molecule has 0 aliphatic heterocycles. The summed E-state index contributed by atoms with van der Waals surface area (Å²) < 4.78 is 12.3. The van der Waals surface area contributed by atoms with Crippen LogP contribution >= 0.6 is 0 Å². The van der Waals surface area contributed by atoms with Crippen molar-refractivity contribution >= 4 is 0 Å². The molecular weight excluding hydrogens is 171 g/mol. The first-order valence-electron chi connectivity index (χ1n) is 3.68. The largest absolute Gasteiger partial charge is 0.385 e. The van der Waals surface area contributed by atoms with E-state index in [0.717, 1.165) is 5.56 Å². The molecule has 0 saturated heterocycles. The summed E-state index contributed by atoms with van der Waals surface area (Å²) in [4.78, 5) is 3.49. The molecule has 0 atom stereocenters. The average molecular weight is 180 g/mol. The van der Waals surface area contributed by atoms with Crippen molar-refractivity contribution in [2.75, 3.05) is 0 Å². The molecule has 68 valence electrons. The summed E-state index contributed by atoms with van der Waals surface area (Å²) in [6.07, 6.45) is 4.31. The van der Waals surface area contributed by atoms with Crippen molar-refractivity contribution in [2.24, 2.45) is 5.11 Å². The van der Waals surface area contributed by atoms with Crippen molar-refractivity contribution in [1.29, 1.82) is 5.53 Å².